The first-order valence-electron chi connectivity index (χ1n) is 7.53. The third-order valence-corrected chi connectivity index (χ3v) is 4.03. The van der Waals surface area contributed by atoms with Gasteiger partial charge in [-0.15, -0.1) is 0 Å². The highest BCUT2D eigenvalue weighted by Crippen LogP contribution is 2.33. The number of fused-ring (bicyclic) bond motifs is 1. The maximum atomic E-state index is 12.5. The Morgan fingerprint density at radius 3 is 2.95 bits per heavy atom. The van der Waals surface area contributed by atoms with Crippen molar-refractivity contribution in [3.8, 4) is 0 Å². The van der Waals surface area contributed by atoms with Crippen molar-refractivity contribution in [2.24, 2.45) is 5.92 Å². The van der Waals surface area contributed by atoms with Gasteiger partial charge < -0.3 is 10.0 Å². The molecule has 1 aromatic heterocycles. The van der Waals surface area contributed by atoms with Crippen molar-refractivity contribution in [1.29, 1.82) is 0 Å². The monoisotopic (exact) mass is 290 g/mol. The van der Waals surface area contributed by atoms with Crippen molar-refractivity contribution in [1.82, 2.24) is 9.88 Å². The van der Waals surface area contributed by atoms with E-state index in [2.05, 4.69) is 4.98 Å². The number of rotatable bonds is 5. The van der Waals surface area contributed by atoms with Gasteiger partial charge in [0.15, 0.2) is 0 Å². The van der Waals surface area contributed by atoms with Crippen molar-refractivity contribution in [2.45, 2.75) is 45.6 Å². The lowest BCUT2D eigenvalue weighted by atomic mass is 9.90. The Balaban J connectivity index is 2.31. The number of hydrogen-bond donors (Lipinski definition) is 1. The average Bonchev–Trinajstić information content (AvgIpc) is 2.50. The zero-order chi connectivity index (χ0) is 15.4. The normalized spacial score (nSPS) is 18.7. The van der Waals surface area contributed by atoms with E-state index in [-0.39, 0.29) is 11.9 Å². The number of amides is 1. The second kappa shape index (κ2) is 6.70. The topological polar surface area (TPSA) is 70.5 Å². The first-order valence-corrected chi connectivity index (χ1v) is 7.53. The third kappa shape index (κ3) is 3.23. The molecule has 1 aromatic rings. The average molecular weight is 290 g/mol. The van der Waals surface area contributed by atoms with E-state index < -0.39 is 11.9 Å². The first kappa shape index (κ1) is 15.5. The molecule has 0 aromatic carbocycles. The van der Waals surface area contributed by atoms with Gasteiger partial charge >= 0.3 is 5.97 Å². The minimum atomic E-state index is -1.07. The van der Waals surface area contributed by atoms with Gasteiger partial charge in [-0.25, -0.2) is 0 Å². The Hall–Kier alpha value is -1.91. The number of aryl methyl sites for hydroxylation is 1. The molecule has 0 radical (unpaired) electrons. The highest BCUT2D eigenvalue weighted by molar-refractivity contribution is 5.96. The van der Waals surface area contributed by atoms with Crippen LogP contribution in [-0.2, 0) is 16.0 Å². The molecule has 0 fully saturated rings. The minimum absolute atomic E-state index is 0.0933. The van der Waals surface area contributed by atoms with Gasteiger partial charge in [-0.3, -0.25) is 14.6 Å². The summed E-state index contributed by atoms with van der Waals surface area (Å²) in [4.78, 5) is 29.8. The number of aliphatic carboxylic acids is 1. The zero-order valence-electron chi connectivity index (χ0n) is 12.6. The van der Waals surface area contributed by atoms with Gasteiger partial charge in [0.1, 0.15) is 5.92 Å². The molecule has 1 N–H and O–H groups in total. The van der Waals surface area contributed by atoms with Crippen LogP contribution in [0.4, 0.5) is 0 Å². The Morgan fingerprint density at radius 1 is 1.52 bits per heavy atom. The molecule has 0 spiro atoms. The fraction of sp³-hybridized carbons (Fsp3) is 0.562. The summed E-state index contributed by atoms with van der Waals surface area (Å²) in [5.74, 6) is -2.39. The lowest BCUT2D eigenvalue weighted by Gasteiger charge is -2.35. The molecule has 0 saturated carbocycles. The van der Waals surface area contributed by atoms with Crippen LogP contribution in [0, 0.1) is 5.92 Å². The number of carbonyl (C=O) groups is 2. The van der Waals surface area contributed by atoms with Crippen molar-refractivity contribution in [2.75, 3.05) is 6.54 Å². The Bertz CT molecular complexity index is 530. The van der Waals surface area contributed by atoms with Crippen LogP contribution in [0.2, 0.25) is 0 Å². The van der Waals surface area contributed by atoms with E-state index in [0.717, 1.165) is 31.4 Å². The van der Waals surface area contributed by atoms with Crippen LogP contribution < -0.4 is 0 Å². The number of carboxylic acid groups (broad SMARTS) is 1. The van der Waals surface area contributed by atoms with Gasteiger partial charge in [-0.2, -0.15) is 0 Å². The minimum Gasteiger partial charge on any atom is -0.481 e. The van der Waals surface area contributed by atoms with Crippen molar-refractivity contribution >= 4 is 11.9 Å². The number of aromatic nitrogens is 1. The van der Waals surface area contributed by atoms with E-state index in [1.54, 1.807) is 11.1 Å². The SMILES string of the molecule is CCCN(C(=O)C(C)C(=O)O)C1CCCc2cccnc21. The van der Waals surface area contributed by atoms with E-state index in [4.69, 9.17) is 5.11 Å². The lowest BCUT2D eigenvalue weighted by molar-refractivity contribution is -0.151. The summed E-state index contributed by atoms with van der Waals surface area (Å²) < 4.78 is 0. The molecule has 5 nitrogen and oxygen atoms in total. The van der Waals surface area contributed by atoms with Gasteiger partial charge in [0, 0.05) is 12.7 Å². The predicted molar refractivity (Wildman–Crippen MR) is 78.7 cm³/mol. The molecule has 1 heterocycles. The summed E-state index contributed by atoms with van der Waals surface area (Å²) in [5.41, 5.74) is 2.11. The Morgan fingerprint density at radius 2 is 2.29 bits per heavy atom. The Kier molecular flexibility index (Phi) is 4.94. The van der Waals surface area contributed by atoms with Crippen LogP contribution in [0.1, 0.15) is 50.4 Å². The van der Waals surface area contributed by atoms with Crippen molar-refractivity contribution in [3.63, 3.8) is 0 Å². The summed E-state index contributed by atoms with van der Waals surface area (Å²) in [7, 11) is 0. The summed E-state index contributed by atoms with van der Waals surface area (Å²) in [6.45, 7) is 4.01. The van der Waals surface area contributed by atoms with Crippen LogP contribution in [0.5, 0.6) is 0 Å². The molecule has 5 heteroatoms. The highest BCUT2D eigenvalue weighted by Gasteiger charge is 2.34. The van der Waals surface area contributed by atoms with E-state index in [0.29, 0.717) is 6.54 Å². The van der Waals surface area contributed by atoms with Gasteiger partial charge in [0.25, 0.3) is 0 Å². The fourth-order valence-corrected chi connectivity index (χ4v) is 2.90. The number of carboxylic acids is 1. The molecule has 114 valence electrons. The smallest absolute Gasteiger partial charge is 0.315 e. The lowest BCUT2D eigenvalue weighted by Crippen LogP contribution is -2.42. The number of carbonyl (C=O) groups excluding carboxylic acids is 1. The second-order valence-electron chi connectivity index (χ2n) is 5.55. The van der Waals surface area contributed by atoms with Crippen molar-refractivity contribution < 1.29 is 14.7 Å². The molecule has 21 heavy (non-hydrogen) atoms. The Labute approximate surface area is 125 Å². The summed E-state index contributed by atoms with van der Waals surface area (Å²) in [6, 6.07) is 3.86. The quantitative estimate of drug-likeness (QED) is 0.845. The molecule has 1 amide bonds. The molecule has 2 unspecified atom stereocenters. The molecule has 2 atom stereocenters. The van der Waals surface area contributed by atoms with Crippen LogP contribution in [0.25, 0.3) is 0 Å². The predicted octanol–water partition coefficient (Wildman–Crippen LogP) is 2.42. The van der Waals surface area contributed by atoms with E-state index in [9.17, 15) is 9.59 Å². The molecule has 1 aliphatic carbocycles. The van der Waals surface area contributed by atoms with E-state index >= 15 is 0 Å². The van der Waals surface area contributed by atoms with E-state index in [1.165, 1.54) is 12.5 Å². The van der Waals surface area contributed by atoms with Crippen LogP contribution >= 0.6 is 0 Å². The molecule has 0 bridgehead atoms. The van der Waals surface area contributed by atoms with E-state index in [1.807, 2.05) is 19.1 Å². The maximum absolute atomic E-state index is 12.5. The molecular formula is C16H22N2O3. The molecule has 2 rings (SSSR count). The standard InChI is InChI=1S/C16H22N2O3/c1-3-10-18(15(19)11(2)16(20)21)13-8-4-6-12-7-5-9-17-14(12)13/h5,7,9,11,13H,3-4,6,8,10H2,1-2H3,(H,20,21). The third-order valence-electron chi connectivity index (χ3n) is 4.03. The van der Waals surface area contributed by atoms with Gasteiger partial charge in [-0.1, -0.05) is 13.0 Å². The van der Waals surface area contributed by atoms with Crippen molar-refractivity contribution in [3.05, 3.63) is 29.6 Å². The molecule has 0 saturated heterocycles. The van der Waals surface area contributed by atoms with Gasteiger partial charge in [0.05, 0.1) is 11.7 Å². The van der Waals surface area contributed by atoms with Crippen LogP contribution in [0.3, 0.4) is 0 Å². The second-order valence-corrected chi connectivity index (χ2v) is 5.55. The zero-order valence-corrected chi connectivity index (χ0v) is 12.6. The fourth-order valence-electron chi connectivity index (χ4n) is 2.90. The number of hydrogen-bond acceptors (Lipinski definition) is 3. The van der Waals surface area contributed by atoms with Gasteiger partial charge in [-0.05, 0) is 44.2 Å². The highest BCUT2D eigenvalue weighted by atomic mass is 16.4. The largest absolute Gasteiger partial charge is 0.481 e. The van der Waals surface area contributed by atoms with Crippen LogP contribution in [0.15, 0.2) is 18.3 Å². The summed E-state index contributed by atoms with van der Waals surface area (Å²) in [6.07, 6.45) is 5.37. The molecular weight excluding hydrogens is 268 g/mol. The summed E-state index contributed by atoms with van der Waals surface area (Å²) in [5, 5.41) is 9.10. The number of nitrogens with zero attached hydrogens (tertiary/aromatic N) is 2. The van der Waals surface area contributed by atoms with Crippen LogP contribution in [-0.4, -0.2) is 33.4 Å². The van der Waals surface area contributed by atoms with Gasteiger partial charge in [0.2, 0.25) is 5.91 Å². The first-order chi connectivity index (χ1) is 10.1. The number of pyridine rings is 1. The maximum Gasteiger partial charge on any atom is 0.315 e. The molecule has 1 aliphatic rings. The molecule has 0 aliphatic heterocycles. The summed E-state index contributed by atoms with van der Waals surface area (Å²) >= 11 is 0.